The van der Waals surface area contributed by atoms with Crippen molar-refractivity contribution in [1.82, 2.24) is 0 Å². The minimum absolute atomic E-state index is 0. The predicted octanol–water partition coefficient (Wildman–Crippen LogP) is 3.33. The molecule has 1 rings (SSSR count). The first-order valence-corrected chi connectivity index (χ1v) is 9.60. The smallest absolute Gasteiger partial charge is 0.123 e. The van der Waals surface area contributed by atoms with Crippen molar-refractivity contribution >= 4 is 0 Å². The molecule has 0 aromatic heterocycles. The molecule has 3 heteroatoms. The summed E-state index contributed by atoms with van der Waals surface area (Å²) in [7, 11) is 4.55. The third-order valence-corrected chi connectivity index (χ3v) is 4.64. The second-order valence-corrected chi connectivity index (χ2v) is 7.63. The summed E-state index contributed by atoms with van der Waals surface area (Å²) in [5, 5.41) is 0. The van der Waals surface area contributed by atoms with Crippen LogP contribution in [0.4, 0.5) is 4.39 Å². The molecule has 24 heavy (non-hydrogen) atoms. The lowest BCUT2D eigenvalue weighted by Gasteiger charge is -2.30. The Bertz CT molecular complexity index is 403. The molecule has 0 atom stereocenters. The number of benzene rings is 1. The maximum Gasteiger partial charge on any atom is 0.123 e. The van der Waals surface area contributed by atoms with Gasteiger partial charge in [0.1, 0.15) is 12.4 Å². The summed E-state index contributed by atoms with van der Waals surface area (Å²) in [6.45, 7) is 4.46. The van der Waals surface area contributed by atoms with Crippen molar-refractivity contribution in [1.29, 1.82) is 0 Å². The number of halogens is 2. The van der Waals surface area contributed by atoms with Crippen LogP contribution in [0.3, 0.4) is 0 Å². The molecule has 0 unspecified atom stereocenters. The molecule has 0 N–H and O–H groups in total. The van der Waals surface area contributed by atoms with Crippen LogP contribution < -0.4 is 12.4 Å². The Balaban J connectivity index is 0.00000529. The standard InChI is InChI=1S/C21H37FN.ClH/c1-4-5-6-7-8-9-10-11-12-13-18-23(2,3)19-20-14-16-21(22)17-15-20;/h14-17H,4-13,18-19H2,1-3H3;1H/q+1;/p-1. The van der Waals surface area contributed by atoms with Gasteiger partial charge >= 0.3 is 0 Å². The summed E-state index contributed by atoms with van der Waals surface area (Å²) < 4.78 is 13.9. The fourth-order valence-corrected chi connectivity index (χ4v) is 3.19. The van der Waals surface area contributed by atoms with Gasteiger partial charge in [-0.2, -0.15) is 0 Å². The molecular formula is C21H37ClFN. The summed E-state index contributed by atoms with van der Waals surface area (Å²) in [4.78, 5) is 0. The van der Waals surface area contributed by atoms with Crippen molar-refractivity contribution < 1.29 is 21.3 Å². The highest BCUT2D eigenvalue weighted by Gasteiger charge is 2.15. The van der Waals surface area contributed by atoms with Gasteiger partial charge in [-0.25, -0.2) is 4.39 Å². The molecule has 0 aliphatic carbocycles. The van der Waals surface area contributed by atoms with Crippen LogP contribution in [0.1, 0.15) is 76.7 Å². The maximum absolute atomic E-state index is 13.0. The van der Waals surface area contributed by atoms with E-state index in [9.17, 15) is 4.39 Å². The van der Waals surface area contributed by atoms with Gasteiger partial charge in [0.2, 0.25) is 0 Å². The van der Waals surface area contributed by atoms with Gasteiger partial charge in [0, 0.05) is 5.56 Å². The van der Waals surface area contributed by atoms with Crippen LogP contribution >= 0.6 is 0 Å². The first kappa shape index (κ1) is 23.4. The molecule has 0 bridgehead atoms. The van der Waals surface area contributed by atoms with E-state index in [1.54, 1.807) is 12.1 Å². The van der Waals surface area contributed by atoms with Gasteiger partial charge in [-0.1, -0.05) is 70.4 Å². The zero-order valence-electron chi connectivity index (χ0n) is 16.0. The average Bonchev–Trinajstić information content (AvgIpc) is 2.51. The molecule has 0 fully saturated rings. The quantitative estimate of drug-likeness (QED) is 0.375. The molecule has 0 heterocycles. The van der Waals surface area contributed by atoms with E-state index in [0.717, 1.165) is 11.0 Å². The van der Waals surface area contributed by atoms with E-state index in [1.807, 2.05) is 12.1 Å². The third kappa shape index (κ3) is 11.9. The highest BCUT2D eigenvalue weighted by molar-refractivity contribution is 5.14. The Morgan fingerprint density at radius 2 is 1.21 bits per heavy atom. The van der Waals surface area contributed by atoms with Crippen LogP contribution in [0.25, 0.3) is 0 Å². The fourth-order valence-electron chi connectivity index (χ4n) is 3.19. The predicted molar refractivity (Wildman–Crippen MR) is 98.9 cm³/mol. The summed E-state index contributed by atoms with van der Waals surface area (Å²) in [5.41, 5.74) is 1.23. The van der Waals surface area contributed by atoms with Gasteiger partial charge < -0.3 is 16.9 Å². The molecule has 1 aromatic rings. The first-order valence-electron chi connectivity index (χ1n) is 9.60. The lowest BCUT2D eigenvalue weighted by molar-refractivity contribution is -0.903. The molecule has 0 saturated heterocycles. The zero-order valence-corrected chi connectivity index (χ0v) is 16.8. The Morgan fingerprint density at radius 3 is 1.71 bits per heavy atom. The molecule has 0 aliphatic heterocycles. The first-order chi connectivity index (χ1) is 11.0. The highest BCUT2D eigenvalue weighted by Crippen LogP contribution is 2.14. The SMILES string of the molecule is CCCCCCCCCCCC[N+](C)(C)Cc1ccc(F)cc1.[Cl-]. The number of hydrogen-bond donors (Lipinski definition) is 0. The van der Waals surface area contributed by atoms with Crippen LogP contribution in [0.15, 0.2) is 24.3 Å². The monoisotopic (exact) mass is 357 g/mol. The normalized spacial score (nSPS) is 11.3. The Hall–Kier alpha value is -0.600. The molecule has 140 valence electrons. The molecule has 1 aromatic carbocycles. The number of hydrogen-bond acceptors (Lipinski definition) is 0. The van der Waals surface area contributed by atoms with Crippen LogP contribution in [0.5, 0.6) is 0 Å². The van der Waals surface area contributed by atoms with Gasteiger partial charge in [0.05, 0.1) is 20.6 Å². The summed E-state index contributed by atoms with van der Waals surface area (Å²) in [6.07, 6.45) is 13.9. The van der Waals surface area contributed by atoms with Gasteiger partial charge in [-0.15, -0.1) is 0 Å². The highest BCUT2D eigenvalue weighted by atomic mass is 35.5. The van der Waals surface area contributed by atoms with Gasteiger partial charge in [-0.3, -0.25) is 0 Å². The zero-order chi connectivity index (χ0) is 17.0. The minimum atomic E-state index is -0.145. The van der Waals surface area contributed by atoms with Crippen LogP contribution in [-0.4, -0.2) is 25.1 Å². The lowest BCUT2D eigenvalue weighted by Crippen LogP contribution is -3.00. The second-order valence-electron chi connectivity index (χ2n) is 7.63. The average molecular weight is 358 g/mol. The van der Waals surface area contributed by atoms with E-state index < -0.39 is 0 Å². The Morgan fingerprint density at radius 1 is 0.750 bits per heavy atom. The molecule has 0 radical (unpaired) electrons. The fraction of sp³-hybridized carbons (Fsp3) is 0.714. The van der Waals surface area contributed by atoms with E-state index in [2.05, 4.69) is 21.0 Å². The number of quaternary nitrogens is 1. The number of unbranched alkanes of at least 4 members (excludes halogenated alkanes) is 9. The van der Waals surface area contributed by atoms with Gasteiger partial charge in [-0.05, 0) is 25.0 Å². The number of rotatable bonds is 13. The summed E-state index contributed by atoms with van der Waals surface area (Å²) >= 11 is 0. The third-order valence-electron chi connectivity index (χ3n) is 4.64. The van der Waals surface area contributed by atoms with Crippen molar-refractivity contribution in [3.05, 3.63) is 35.6 Å². The van der Waals surface area contributed by atoms with E-state index >= 15 is 0 Å². The minimum Gasteiger partial charge on any atom is -1.00 e. The van der Waals surface area contributed by atoms with Crippen molar-refractivity contribution in [3.8, 4) is 0 Å². The van der Waals surface area contributed by atoms with E-state index in [1.165, 1.54) is 76.3 Å². The van der Waals surface area contributed by atoms with E-state index in [4.69, 9.17) is 0 Å². The Labute approximate surface area is 155 Å². The van der Waals surface area contributed by atoms with Crippen LogP contribution in [-0.2, 0) is 6.54 Å². The Kier molecular flexibility index (Phi) is 13.3. The molecule has 0 aliphatic rings. The second kappa shape index (κ2) is 13.7. The van der Waals surface area contributed by atoms with Crippen molar-refractivity contribution in [3.63, 3.8) is 0 Å². The maximum atomic E-state index is 13.0. The van der Waals surface area contributed by atoms with Gasteiger partial charge in [0.25, 0.3) is 0 Å². The van der Waals surface area contributed by atoms with E-state index in [-0.39, 0.29) is 18.2 Å². The number of nitrogens with zero attached hydrogens (tertiary/aromatic N) is 1. The summed E-state index contributed by atoms with van der Waals surface area (Å²) in [6, 6.07) is 6.95. The molecular weight excluding hydrogens is 321 g/mol. The summed E-state index contributed by atoms with van der Waals surface area (Å²) in [5.74, 6) is -0.145. The molecule has 0 saturated carbocycles. The molecule has 0 spiro atoms. The molecule has 1 nitrogen and oxygen atoms in total. The van der Waals surface area contributed by atoms with Crippen molar-refractivity contribution in [2.24, 2.45) is 0 Å². The molecule has 0 amide bonds. The van der Waals surface area contributed by atoms with Crippen molar-refractivity contribution in [2.75, 3.05) is 20.6 Å². The van der Waals surface area contributed by atoms with Crippen LogP contribution in [0, 0.1) is 5.82 Å². The largest absolute Gasteiger partial charge is 1.00 e. The lowest BCUT2D eigenvalue weighted by atomic mass is 10.1. The van der Waals surface area contributed by atoms with Gasteiger partial charge in [0.15, 0.2) is 0 Å². The van der Waals surface area contributed by atoms with E-state index in [0.29, 0.717) is 0 Å². The van der Waals surface area contributed by atoms with Crippen LogP contribution in [0.2, 0.25) is 0 Å². The van der Waals surface area contributed by atoms with Crippen molar-refractivity contribution in [2.45, 2.75) is 77.7 Å². The topological polar surface area (TPSA) is 0 Å².